The Morgan fingerprint density at radius 2 is 1.05 bits per heavy atom. The van der Waals surface area contributed by atoms with E-state index in [-0.39, 0.29) is 12.2 Å². The molecule has 6 heteroatoms. The number of esters is 2. The van der Waals surface area contributed by atoms with Crippen LogP contribution in [0, 0.1) is 0 Å². The lowest BCUT2D eigenvalue weighted by Gasteiger charge is -2.20. The molecule has 0 bridgehead atoms. The molecule has 2 N–H and O–H groups in total. The van der Waals surface area contributed by atoms with Crippen molar-refractivity contribution in [1.82, 2.24) is 0 Å². The summed E-state index contributed by atoms with van der Waals surface area (Å²) in [5.41, 5.74) is 0. The lowest BCUT2D eigenvalue weighted by atomic mass is 10.2. The Bertz CT molecular complexity index is 310. The van der Waals surface area contributed by atoms with Crippen LogP contribution in [0.1, 0.15) is 51.4 Å². The molecule has 2 rings (SSSR count). The van der Waals surface area contributed by atoms with Crippen molar-refractivity contribution >= 4 is 11.9 Å². The summed E-state index contributed by atoms with van der Waals surface area (Å²) in [5.74, 6) is -1.90. The third kappa shape index (κ3) is 3.93. The van der Waals surface area contributed by atoms with Crippen LogP contribution >= 0.6 is 0 Å². The number of ether oxygens (including phenoxy) is 2. The van der Waals surface area contributed by atoms with Gasteiger partial charge in [-0.15, -0.1) is 0 Å². The second-order valence-electron chi connectivity index (χ2n) is 5.58. The fraction of sp³-hybridized carbons (Fsp3) is 0.857. The minimum atomic E-state index is -1.87. The quantitative estimate of drug-likeness (QED) is 0.722. The number of hydrogen-bond donors (Lipinski definition) is 2. The van der Waals surface area contributed by atoms with Crippen LogP contribution in [0.3, 0.4) is 0 Å². The second kappa shape index (κ2) is 7.04. The van der Waals surface area contributed by atoms with Gasteiger partial charge in [-0.2, -0.15) is 0 Å². The van der Waals surface area contributed by atoms with Crippen LogP contribution in [-0.2, 0) is 19.1 Å². The van der Waals surface area contributed by atoms with Crippen molar-refractivity contribution in [1.29, 1.82) is 0 Å². The van der Waals surface area contributed by atoms with E-state index >= 15 is 0 Å². The highest BCUT2D eigenvalue weighted by Crippen LogP contribution is 2.23. The standard InChI is InChI=1S/C14H22O6/c15-11(13(17)19-9-5-1-2-6-9)12(16)14(18)20-10-7-3-4-8-10/h9-12,15-16H,1-8H2/t11-,12-/m1/s1. The zero-order valence-electron chi connectivity index (χ0n) is 11.5. The summed E-state index contributed by atoms with van der Waals surface area (Å²) < 4.78 is 10.1. The Morgan fingerprint density at radius 3 is 1.35 bits per heavy atom. The van der Waals surface area contributed by atoms with Crippen molar-refractivity contribution in [3.63, 3.8) is 0 Å². The van der Waals surface area contributed by atoms with E-state index in [2.05, 4.69) is 0 Å². The summed E-state index contributed by atoms with van der Waals surface area (Å²) in [6.45, 7) is 0. The highest BCUT2D eigenvalue weighted by Gasteiger charge is 2.36. The van der Waals surface area contributed by atoms with E-state index in [1.165, 1.54) is 0 Å². The van der Waals surface area contributed by atoms with Gasteiger partial charge in [0.05, 0.1) is 0 Å². The Hall–Kier alpha value is -1.14. The van der Waals surface area contributed by atoms with Crippen molar-refractivity contribution in [2.24, 2.45) is 0 Å². The van der Waals surface area contributed by atoms with Gasteiger partial charge in [-0.3, -0.25) is 0 Å². The molecular weight excluding hydrogens is 264 g/mol. The largest absolute Gasteiger partial charge is 0.460 e. The molecule has 0 aromatic heterocycles. The molecule has 0 unspecified atom stereocenters. The highest BCUT2D eigenvalue weighted by molar-refractivity contribution is 5.85. The third-order valence-electron chi connectivity index (χ3n) is 3.95. The second-order valence-corrected chi connectivity index (χ2v) is 5.58. The normalized spacial score (nSPS) is 23.5. The molecule has 2 aliphatic carbocycles. The van der Waals surface area contributed by atoms with Gasteiger partial charge in [0.2, 0.25) is 0 Å². The predicted octanol–water partition coefficient (Wildman–Crippen LogP) is 0.680. The molecule has 114 valence electrons. The average Bonchev–Trinajstić information content (AvgIpc) is 3.10. The first-order valence-electron chi connectivity index (χ1n) is 7.35. The number of rotatable bonds is 5. The van der Waals surface area contributed by atoms with E-state index < -0.39 is 24.1 Å². The summed E-state index contributed by atoms with van der Waals surface area (Å²) >= 11 is 0. The summed E-state index contributed by atoms with van der Waals surface area (Å²) in [6.07, 6.45) is 2.84. The Balaban J connectivity index is 1.78. The van der Waals surface area contributed by atoms with E-state index in [0.29, 0.717) is 0 Å². The first kappa shape index (κ1) is 15.3. The SMILES string of the molecule is O=C(OC1CCCC1)[C@H](O)[C@@H](O)C(=O)OC1CCCC1. The monoisotopic (exact) mass is 286 g/mol. The van der Waals surface area contributed by atoms with Crippen molar-refractivity contribution in [2.75, 3.05) is 0 Å². The minimum absolute atomic E-state index is 0.213. The molecule has 6 nitrogen and oxygen atoms in total. The van der Waals surface area contributed by atoms with E-state index in [1.807, 2.05) is 0 Å². The van der Waals surface area contributed by atoms with Gasteiger partial charge >= 0.3 is 11.9 Å². The van der Waals surface area contributed by atoms with E-state index in [1.54, 1.807) is 0 Å². The number of hydrogen-bond acceptors (Lipinski definition) is 6. The minimum Gasteiger partial charge on any atom is -0.460 e. The van der Waals surface area contributed by atoms with E-state index in [9.17, 15) is 19.8 Å². The van der Waals surface area contributed by atoms with E-state index in [0.717, 1.165) is 51.4 Å². The molecule has 0 aromatic carbocycles. The Labute approximate surface area is 118 Å². The summed E-state index contributed by atoms with van der Waals surface area (Å²) in [6, 6.07) is 0. The molecule has 20 heavy (non-hydrogen) atoms. The fourth-order valence-electron chi connectivity index (χ4n) is 2.74. The summed E-state index contributed by atoms with van der Waals surface area (Å²) in [5, 5.41) is 19.3. The summed E-state index contributed by atoms with van der Waals surface area (Å²) in [4.78, 5) is 23.3. The maximum atomic E-state index is 11.6. The topological polar surface area (TPSA) is 93.1 Å². The number of aliphatic hydroxyl groups excluding tert-OH is 2. The molecule has 2 aliphatic rings. The molecule has 0 saturated heterocycles. The van der Waals surface area contributed by atoms with Crippen LogP contribution in [-0.4, -0.2) is 46.6 Å². The average molecular weight is 286 g/mol. The van der Waals surface area contributed by atoms with Crippen LogP contribution in [0.2, 0.25) is 0 Å². The number of carbonyl (C=O) groups excluding carboxylic acids is 2. The van der Waals surface area contributed by atoms with Crippen LogP contribution in [0.5, 0.6) is 0 Å². The first-order valence-corrected chi connectivity index (χ1v) is 7.35. The van der Waals surface area contributed by atoms with Crippen LogP contribution in [0.15, 0.2) is 0 Å². The lowest BCUT2D eigenvalue weighted by Crippen LogP contribution is -2.43. The number of carbonyl (C=O) groups is 2. The molecule has 2 saturated carbocycles. The molecule has 0 amide bonds. The van der Waals surface area contributed by atoms with Crippen LogP contribution in [0.4, 0.5) is 0 Å². The zero-order chi connectivity index (χ0) is 14.5. The molecule has 2 atom stereocenters. The first-order chi connectivity index (χ1) is 9.58. The van der Waals surface area contributed by atoms with Gasteiger partial charge in [0, 0.05) is 0 Å². The summed E-state index contributed by atoms with van der Waals surface area (Å²) in [7, 11) is 0. The van der Waals surface area contributed by atoms with Crippen LogP contribution < -0.4 is 0 Å². The van der Waals surface area contributed by atoms with Crippen molar-refractivity contribution in [2.45, 2.75) is 75.8 Å². The van der Waals surface area contributed by atoms with E-state index in [4.69, 9.17) is 9.47 Å². The van der Waals surface area contributed by atoms with Crippen molar-refractivity contribution in [3.8, 4) is 0 Å². The molecule has 0 radical (unpaired) electrons. The molecule has 0 aliphatic heterocycles. The van der Waals surface area contributed by atoms with Gasteiger partial charge in [0.1, 0.15) is 12.2 Å². The van der Waals surface area contributed by atoms with Gasteiger partial charge in [-0.05, 0) is 51.4 Å². The third-order valence-corrected chi connectivity index (χ3v) is 3.95. The maximum Gasteiger partial charge on any atom is 0.338 e. The van der Waals surface area contributed by atoms with Gasteiger partial charge < -0.3 is 19.7 Å². The van der Waals surface area contributed by atoms with Crippen LogP contribution in [0.25, 0.3) is 0 Å². The fourth-order valence-corrected chi connectivity index (χ4v) is 2.74. The molecule has 0 aromatic rings. The predicted molar refractivity (Wildman–Crippen MR) is 68.7 cm³/mol. The van der Waals surface area contributed by atoms with Gasteiger partial charge in [0.25, 0.3) is 0 Å². The Kier molecular flexibility index (Phi) is 5.37. The van der Waals surface area contributed by atoms with Crippen molar-refractivity contribution < 1.29 is 29.3 Å². The molecule has 0 heterocycles. The molecule has 0 spiro atoms. The smallest absolute Gasteiger partial charge is 0.338 e. The molecular formula is C14H22O6. The highest BCUT2D eigenvalue weighted by atomic mass is 16.6. The van der Waals surface area contributed by atoms with Gasteiger partial charge in [-0.1, -0.05) is 0 Å². The van der Waals surface area contributed by atoms with Crippen molar-refractivity contribution in [3.05, 3.63) is 0 Å². The van der Waals surface area contributed by atoms with Gasteiger partial charge in [-0.25, -0.2) is 9.59 Å². The lowest BCUT2D eigenvalue weighted by molar-refractivity contribution is -0.178. The zero-order valence-corrected chi connectivity index (χ0v) is 11.5. The van der Waals surface area contributed by atoms with Gasteiger partial charge in [0.15, 0.2) is 12.2 Å². The number of aliphatic hydroxyl groups is 2. The maximum absolute atomic E-state index is 11.6. The Morgan fingerprint density at radius 1 is 0.750 bits per heavy atom. The molecule has 2 fully saturated rings.